The van der Waals surface area contributed by atoms with Crippen molar-refractivity contribution in [1.82, 2.24) is 19.7 Å². The first-order valence-electron chi connectivity index (χ1n) is 11.1. The molecule has 0 N–H and O–H groups in total. The molecule has 0 radical (unpaired) electrons. The van der Waals surface area contributed by atoms with Crippen molar-refractivity contribution in [2.45, 2.75) is 31.6 Å². The highest BCUT2D eigenvalue weighted by Gasteiger charge is 2.43. The van der Waals surface area contributed by atoms with Crippen LogP contribution < -0.4 is 0 Å². The lowest BCUT2D eigenvalue weighted by molar-refractivity contribution is 0.0730. The Morgan fingerprint density at radius 3 is 2.59 bits per heavy atom. The fraction of sp³-hybridized carbons (Fsp3) is 0.240. The monoisotopic (exact) mass is 420 g/mol. The van der Waals surface area contributed by atoms with Gasteiger partial charge >= 0.3 is 0 Å². The second-order valence-electron chi connectivity index (χ2n) is 9.46. The molecular weight excluding hydrogens is 394 g/mol. The van der Waals surface area contributed by atoms with Crippen molar-refractivity contribution in [2.24, 2.45) is 7.05 Å². The second kappa shape index (κ2) is 7.37. The molecule has 0 atom stereocenters. The number of aromatic nitrogens is 3. The number of amides is 1. The van der Waals surface area contributed by atoms with Gasteiger partial charge in [-0.15, -0.1) is 0 Å². The molecule has 0 aliphatic carbocycles. The summed E-state index contributed by atoms with van der Waals surface area (Å²) in [6.45, 7) is 4.98. The van der Waals surface area contributed by atoms with E-state index in [-0.39, 0.29) is 5.91 Å². The van der Waals surface area contributed by atoms with E-state index in [1.165, 1.54) is 22.3 Å². The first-order chi connectivity index (χ1) is 15.3. The van der Waals surface area contributed by atoms with Crippen LogP contribution >= 0.6 is 0 Å². The zero-order chi connectivity index (χ0) is 22.6. The molecule has 0 bridgehead atoms. The molecule has 5 rings (SSSR count). The molecule has 0 unspecified atom stereocenters. The van der Waals surface area contributed by atoms with E-state index in [1.807, 2.05) is 34.8 Å². The number of hydrogen-bond donors (Lipinski definition) is 0. The van der Waals surface area contributed by atoms with E-state index in [0.717, 1.165) is 16.6 Å². The molecule has 2 aromatic carbocycles. The largest absolute Gasteiger partial charge is 0.339 e. The van der Waals surface area contributed by atoms with Crippen LogP contribution in [-0.4, -0.2) is 41.3 Å². The molecular formula is C25H26B2N4O. The van der Waals surface area contributed by atoms with Gasteiger partial charge in [0.25, 0.3) is 5.91 Å². The van der Waals surface area contributed by atoms with Gasteiger partial charge in [-0.25, -0.2) is 0 Å². The van der Waals surface area contributed by atoms with Crippen molar-refractivity contribution in [1.29, 1.82) is 0 Å². The van der Waals surface area contributed by atoms with Crippen molar-refractivity contribution in [3.63, 3.8) is 0 Å². The number of carbonyl (C=O) groups excluding carboxylic acids is 1. The number of hydrogen-bond acceptors (Lipinski definition) is 3. The molecule has 0 spiro atoms. The van der Waals surface area contributed by atoms with Gasteiger partial charge in [-0.3, -0.25) is 14.5 Å². The van der Waals surface area contributed by atoms with Gasteiger partial charge in [0.1, 0.15) is 15.7 Å². The Morgan fingerprint density at radius 2 is 1.84 bits per heavy atom. The van der Waals surface area contributed by atoms with Gasteiger partial charge < -0.3 is 4.90 Å². The summed E-state index contributed by atoms with van der Waals surface area (Å²) in [6, 6.07) is 16.6. The summed E-state index contributed by atoms with van der Waals surface area (Å²) >= 11 is 0. The number of pyridine rings is 1. The Bertz CT molecular complexity index is 1360. The maximum absolute atomic E-state index is 13.2. The fourth-order valence-electron chi connectivity index (χ4n) is 4.89. The molecule has 0 saturated heterocycles. The van der Waals surface area contributed by atoms with Gasteiger partial charge in [0.05, 0.1) is 16.8 Å². The minimum atomic E-state index is -0.443. The third kappa shape index (κ3) is 3.15. The van der Waals surface area contributed by atoms with Crippen molar-refractivity contribution in [3.05, 3.63) is 83.3 Å². The molecule has 158 valence electrons. The van der Waals surface area contributed by atoms with Gasteiger partial charge in [-0.05, 0) is 46.4 Å². The van der Waals surface area contributed by atoms with Crippen LogP contribution in [0, 0.1) is 0 Å². The summed E-state index contributed by atoms with van der Waals surface area (Å²) in [7, 11) is 6.11. The molecule has 2 aromatic heterocycles. The highest BCUT2D eigenvalue weighted by Crippen LogP contribution is 2.37. The molecule has 0 saturated carbocycles. The SMILES string of the molecule is BC1(B)c2ncccc2C(=O)N1Cc1ccc(-c2cccc3nn(C)cc23)cc1C(C)C. The van der Waals surface area contributed by atoms with Crippen LogP contribution in [0.3, 0.4) is 0 Å². The number of aryl methyl sites for hydroxylation is 1. The third-order valence-corrected chi connectivity index (χ3v) is 6.61. The Morgan fingerprint density at radius 1 is 1.06 bits per heavy atom. The Labute approximate surface area is 190 Å². The van der Waals surface area contributed by atoms with E-state index in [2.05, 4.69) is 76.2 Å². The van der Waals surface area contributed by atoms with Crippen LogP contribution in [0.5, 0.6) is 0 Å². The zero-order valence-electron chi connectivity index (χ0n) is 19.3. The summed E-state index contributed by atoms with van der Waals surface area (Å²) in [5.74, 6) is 0.386. The molecule has 1 aliphatic rings. The number of nitrogens with zero attached hydrogens (tertiary/aromatic N) is 4. The Kier molecular flexibility index (Phi) is 4.73. The van der Waals surface area contributed by atoms with Crippen LogP contribution in [0.2, 0.25) is 0 Å². The molecule has 0 fully saturated rings. The average molecular weight is 420 g/mol. The first kappa shape index (κ1) is 20.6. The number of benzene rings is 2. The predicted octanol–water partition coefficient (Wildman–Crippen LogP) is 2.79. The van der Waals surface area contributed by atoms with E-state index >= 15 is 0 Å². The molecule has 3 heterocycles. The van der Waals surface area contributed by atoms with Crippen LogP contribution in [0.25, 0.3) is 22.0 Å². The lowest BCUT2D eigenvalue weighted by atomic mass is 9.59. The van der Waals surface area contributed by atoms with E-state index in [4.69, 9.17) is 0 Å². The second-order valence-corrected chi connectivity index (χ2v) is 9.46. The molecule has 1 aliphatic heterocycles. The van der Waals surface area contributed by atoms with Gasteiger partial charge in [-0.2, -0.15) is 5.10 Å². The Balaban J connectivity index is 1.56. The van der Waals surface area contributed by atoms with Crippen LogP contribution in [0.15, 0.2) is 60.9 Å². The molecule has 4 aromatic rings. The van der Waals surface area contributed by atoms with Crippen LogP contribution in [0.4, 0.5) is 0 Å². The lowest BCUT2D eigenvalue weighted by Gasteiger charge is -2.33. The summed E-state index contributed by atoms with van der Waals surface area (Å²) in [5.41, 5.74) is 7.35. The summed E-state index contributed by atoms with van der Waals surface area (Å²) in [6.07, 6.45) is 3.84. The Hall–Kier alpha value is -3.34. The highest BCUT2D eigenvalue weighted by molar-refractivity contribution is 6.42. The standard InChI is InChI=1S/C25H26B2N4O/c1-15(2)20-12-16(18-6-4-8-22-21(18)14-30(3)29-22)9-10-17(20)13-31-24(32)19-7-5-11-28-23(19)25(31,26)27/h4-12,14-15H,13,26-27H2,1-3H3. The van der Waals surface area contributed by atoms with Crippen LogP contribution in [-0.2, 0) is 18.9 Å². The topological polar surface area (TPSA) is 51.0 Å². The number of carbonyl (C=O) groups is 1. The van der Waals surface area contributed by atoms with Crippen LogP contribution in [0.1, 0.15) is 46.9 Å². The minimum Gasteiger partial charge on any atom is -0.339 e. The third-order valence-electron chi connectivity index (χ3n) is 6.61. The van der Waals surface area contributed by atoms with E-state index in [0.29, 0.717) is 18.0 Å². The smallest absolute Gasteiger partial charge is 0.255 e. The van der Waals surface area contributed by atoms with Crippen molar-refractivity contribution >= 4 is 32.5 Å². The maximum atomic E-state index is 13.2. The summed E-state index contributed by atoms with van der Waals surface area (Å²) < 4.78 is 1.86. The van der Waals surface area contributed by atoms with E-state index in [9.17, 15) is 4.79 Å². The normalized spacial score (nSPS) is 15.0. The minimum absolute atomic E-state index is 0.0528. The molecule has 32 heavy (non-hydrogen) atoms. The fourth-order valence-corrected chi connectivity index (χ4v) is 4.89. The van der Waals surface area contributed by atoms with Gasteiger partial charge in [0.15, 0.2) is 0 Å². The lowest BCUT2D eigenvalue weighted by Crippen LogP contribution is -2.44. The van der Waals surface area contributed by atoms with E-state index in [1.54, 1.807) is 6.20 Å². The maximum Gasteiger partial charge on any atom is 0.255 e. The van der Waals surface area contributed by atoms with Crippen molar-refractivity contribution < 1.29 is 4.79 Å². The molecule has 5 nitrogen and oxygen atoms in total. The summed E-state index contributed by atoms with van der Waals surface area (Å²) in [4.78, 5) is 19.7. The average Bonchev–Trinajstić information content (AvgIpc) is 3.24. The predicted molar refractivity (Wildman–Crippen MR) is 133 cm³/mol. The number of fused-ring (bicyclic) bond motifs is 2. The molecule has 1 amide bonds. The number of rotatable bonds is 4. The van der Waals surface area contributed by atoms with Crippen molar-refractivity contribution in [3.8, 4) is 11.1 Å². The first-order valence-corrected chi connectivity index (χ1v) is 11.1. The van der Waals surface area contributed by atoms with Gasteiger partial charge in [0, 0.05) is 36.7 Å². The van der Waals surface area contributed by atoms with E-state index < -0.39 is 5.34 Å². The van der Waals surface area contributed by atoms with Gasteiger partial charge in [-0.1, -0.05) is 44.2 Å². The highest BCUT2D eigenvalue weighted by atomic mass is 16.2. The molecule has 7 heteroatoms. The van der Waals surface area contributed by atoms with Crippen molar-refractivity contribution in [2.75, 3.05) is 0 Å². The van der Waals surface area contributed by atoms with Gasteiger partial charge in [0.2, 0.25) is 0 Å². The summed E-state index contributed by atoms with van der Waals surface area (Å²) in [5, 5.41) is 5.26. The quantitative estimate of drug-likeness (QED) is 0.478. The zero-order valence-corrected chi connectivity index (χ0v) is 19.3.